The fraction of sp³-hybridized carbons (Fsp3) is 0. The zero-order valence-corrected chi connectivity index (χ0v) is 9.51. The van der Waals surface area contributed by atoms with Gasteiger partial charge in [0, 0.05) is 6.21 Å². The van der Waals surface area contributed by atoms with Crippen LogP contribution < -0.4 is 0 Å². The van der Waals surface area contributed by atoms with Crippen LogP contribution >= 0.6 is 0 Å². The average molecular weight is 249 g/mol. The lowest BCUT2D eigenvalue weighted by Crippen LogP contribution is -1.77. The first-order valence-corrected chi connectivity index (χ1v) is 5.25. The molecule has 0 heterocycles. The topological polar surface area (TPSA) is 12.4 Å². The van der Waals surface area contributed by atoms with E-state index in [1.165, 1.54) is 0 Å². The number of hydrogen-bond donors (Lipinski definition) is 0. The van der Waals surface area contributed by atoms with Crippen molar-refractivity contribution in [2.45, 2.75) is 0 Å². The molecule has 0 spiro atoms. The molecular weight excluding hydrogens is 238 g/mol. The quantitative estimate of drug-likeness (QED) is 0.555. The Morgan fingerprint density at radius 2 is 1.22 bits per heavy atom. The molecule has 0 aliphatic carbocycles. The van der Waals surface area contributed by atoms with Crippen LogP contribution in [0, 0.1) is 0 Å². The SMILES string of the molecule is C(=Nc1ccccc1)c1ccccc1.FB(F)F. The van der Waals surface area contributed by atoms with Gasteiger partial charge >= 0.3 is 7.54 Å². The first kappa shape index (κ1) is 14.0. The minimum absolute atomic E-state index is 0.983. The minimum Gasteiger partial charge on any atom is -0.256 e. The van der Waals surface area contributed by atoms with E-state index in [1.807, 2.05) is 66.9 Å². The molecular formula is C13H11BF3N. The molecule has 5 heteroatoms. The number of halogens is 3. The molecule has 0 bridgehead atoms. The highest BCUT2D eigenvalue weighted by Crippen LogP contribution is 2.09. The predicted molar refractivity (Wildman–Crippen MR) is 69.2 cm³/mol. The van der Waals surface area contributed by atoms with E-state index in [9.17, 15) is 12.9 Å². The Balaban J connectivity index is 0.000000357. The molecule has 0 saturated carbocycles. The molecule has 0 N–H and O–H groups in total. The van der Waals surface area contributed by atoms with Crippen LogP contribution in [0.4, 0.5) is 18.6 Å². The van der Waals surface area contributed by atoms with Crippen molar-refractivity contribution < 1.29 is 12.9 Å². The van der Waals surface area contributed by atoms with Gasteiger partial charge in [0.05, 0.1) is 5.69 Å². The summed E-state index contributed by atoms with van der Waals surface area (Å²) in [6.07, 6.45) is 1.87. The Morgan fingerprint density at radius 3 is 1.72 bits per heavy atom. The number of rotatable bonds is 2. The fourth-order valence-electron chi connectivity index (χ4n) is 1.20. The van der Waals surface area contributed by atoms with Crippen LogP contribution in [0.25, 0.3) is 0 Å². The van der Waals surface area contributed by atoms with Crippen molar-refractivity contribution in [3.8, 4) is 0 Å². The van der Waals surface area contributed by atoms with E-state index in [0.717, 1.165) is 11.3 Å². The molecule has 0 aromatic heterocycles. The van der Waals surface area contributed by atoms with E-state index in [-0.39, 0.29) is 0 Å². The van der Waals surface area contributed by atoms with E-state index >= 15 is 0 Å². The summed E-state index contributed by atoms with van der Waals surface area (Å²) in [4.78, 5) is 4.35. The molecule has 0 radical (unpaired) electrons. The van der Waals surface area contributed by atoms with E-state index in [4.69, 9.17) is 0 Å². The third kappa shape index (κ3) is 6.53. The van der Waals surface area contributed by atoms with E-state index in [2.05, 4.69) is 4.99 Å². The largest absolute Gasteiger partial charge is 0.762 e. The summed E-state index contributed by atoms with van der Waals surface area (Å²) < 4.78 is 29.0. The monoisotopic (exact) mass is 249 g/mol. The molecule has 0 aliphatic heterocycles. The van der Waals surface area contributed by atoms with Crippen LogP contribution in [-0.2, 0) is 0 Å². The van der Waals surface area contributed by atoms with Gasteiger partial charge in [0.1, 0.15) is 0 Å². The normalized spacial score (nSPS) is 9.72. The first-order valence-electron chi connectivity index (χ1n) is 5.25. The Bertz CT molecular complexity index is 416. The highest BCUT2D eigenvalue weighted by Gasteiger charge is 2.06. The molecule has 0 fully saturated rings. The fourth-order valence-corrected chi connectivity index (χ4v) is 1.20. The average Bonchev–Trinajstić information content (AvgIpc) is 2.38. The van der Waals surface area contributed by atoms with Gasteiger partial charge < -0.3 is 0 Å². The van der Waals surface area contributed by atoms with E-state index < -0.39 is 7.54 Å². The Kier molecular flexibility index (Phi) is 6.32. The summed E-state index contributed by atoms with van der Waals surface area (Å²) in [6, 6.07) is 20.0. The van der Waals surface area contributed by atoms with Crippen LogP contribution in [0.3, 0.4) is 0 Å². The number of para-hydroxylation sites is 1. The van der Waals surface area contributed by atoms with Crippen molar-refractivity contribution in [2.75, 3.05) is 0 Å². The maximum absolute atomic E-state index is 9.67. The van der Waals surface area contributed by atoms with Gasteiger partial charge in [-0.15, -0.1) is 0 Å². The highest BCUT2D eigenvalue weighted by atomic mass is 19.4. The summed E-state index contributed by atoms with van der Waals surface area (Å²) in [5.41, 5.74) is 2.10. The third-order valence-electron chi connectivity index (χ3n) is 1.92. The van der Waals surface area contributed by atoms with Crippen molar-refractivity contribution in [1.29, 1.82) is 0 Å². The molecule has 0 atom stereocenters. The van der Waals surface area contributed by atoms with Crippen LogP contribution in [0.5, 0.6) is 0 Å². The first-order chi connectivity index (χ1) is 8.68. The second-order valence-corrected chi connectivity index (χ2v) is 3.25. The van der Waals surface area contributed by atoms with Crippen molar-refractivity contribution >= 4 is 19.4 Å². The molecule has 92 valence electrons. The second-order valence-electron chi connectivity index (χ2n) is 3.25. The summed E-state index contributed by atoms with van der Waals surface area (Å²) in [7, 11) is -3.67. The maximum atomic E-state index is 9.67. The Morgan fingerprint density at radius 1 is 0.778 bits per heavy atom. The van der Waals surface area contributed by atoms with Crippen molar-refractivity contribution in [1.82, 2.24) is 0 Å². The van der Waals surface area contributed by atoms with Crippen molar-refractivity contribution in [2.24, 2.45) is 4.99 Å². The van der Waals surface area contributed by atoms with Crippen LogP contribution in [-0.4, -0.2) is 13.8 Å². The predicted octanol–water partition coefficient (Wildman–Crippen LogP) is 4.32. The number of nitrogens with zero attached hydrogens (tertiary/aromatic N) is 1. The molecule has 0 amide bonds. The van der Waals surface area contributed by atoms with Gasteiger partial charge in [-0.2, -0.15) is 0 Å². The third-order valence-corrected chi connectivity index (χ3v) is 1.92. The van der Waals surface area contributed by atoms with Crippen LogP contribution in [0.2, 0.25) is 0 Å². The molecule has 2 aromatic rings. The summed E-state index contributed by atoms with van der Waals surface area (Å²) >= 11 is 0. The van der Waals surface area contributed by atoms with Crippen molar-refractivity contribution in [3.05, 3.63) is 66.2 Å². The zero-order valence-electron chi connectivity index (χ0n) is 9.51. The second kappa shape index (κ2) is 8.11. The van der Waals surface area contributed by atoms with Crippen LogP contribution in [0.15, 0.2) is 65.7 Å². The molecule has 0 aliphatic rings. The lowest BCUT2D eigenvalue weighted by molar-refractivity contribution is 0.535. The molecule has 18 heavy (non-hydrogen) atoms. The van der Waals surface area contributed by atoms with Gasteiger partial charge in [-0.25, -0.2) is 0 Å². The van der Waals surface area contributed by atoms with Gasteiger partial charge in [0.2, 0.25) is 0 Å². The van der Waals surface area contributed by atoms with E-state index in [0.29, 0.717) is 0 Å². The van der Waals surface area contributed by atoms with E-state index in [1.54, 1.807) is 0 Å². The standard InChI is InChI=1S/C13H11N.BF3/c1-3-7-12(8-4-1)11-14-13-9-5-2-6-10-13;2-1(3)4/h1-11H;. The lowest BCUT2D eigenvalue weighted by atomic mass is 10.2. The summed E-state index contributed by atoms with van der Waals surface area (Å²) in [5, 5.41) is 0. The van der Waals surface area contributed by atoms with Gasteiger partial charge in [-0.1, -0.05) is 48.5 Å². The maximum Gasteiger partial charge on any atom is 0.762 e. The summed E-state index contributed by atoms with van der Waals surface area (Å²) in [6.45, 7) is 0. The van der Waals surface area contributed by atoms with Gasteiger partial charge in [0.15, 0.2) is 0 Å². The minimum atomic E-state index is -3.67. The van der Waals surface area contributed by atoms with Gasteiger partial charge in [0.25, 0.3) is 0 Å². The van der Waals surface area contributed by atoms with Crippen LogP contribution in [0.1, 0.15) is 5.56 Å². The number of benzene rings is 2. The Hall–Kier alpha value is -2.04. The molecule has 0 unspecified atom stereocenters. The zero-order chi connectivity index (χ0) is 13.2. The molecule has 2 rings (SSSR count). The smallest absolute Gasteiger partial charge is 0.256 e. The number of aliphatic imine (C=N–C) groups is 1. The van der Waals surface area contributed by atoms with Crippen molar-refractivity contribution in [3.63, 3.8) is 0 Å². The number of hydrogen-bond acceptors (Lipinski definition) is 1. The Labute approximate surface area is 104 Å². The highest BCUT2D eigenvalue weighted by molar-refractivity contribution is 6.33. The van der Waals surface area contributed by atoms with Gasteiger partial charge in [-0.3, -0.25) is 17.9 Å². The lowest BCUT2D eigenvalue weighted by Gasteiger charge is -1.92. The summed E-state index contributed by atoms with van der Waals surface area (Å²) in [5.74, 6) is 0. The van der Waals surface area contributed by atoms with Gasteiger partial charge in [-0.05, 0) is 17.7 Å². The molecule has 0 saturated heterocycles. The molecule has 2 aromatic carbocycles. The molecule has 1 nitrogen and oxygen atoms in total.